The highest BCUT2D eigenvalue weighted by molar-refractivity contribution is 7.89. The second-order valence-electron chi connectivity index (χ2n) is 5.55. The smallest absolute Gasteiger partial charge is 0.387 e. The first-order valence-corrected chi connectivity index (χ1v) is 9.92. The molecule has 2 rings (SSSR count). The highest BCUT2D eigenvalue weighted by Gasteiger charge is 2.12. The van der Waals surface area contributed by atoms with Crippen molar-refractivity contribution >= 4 is 16.0 Å². The van der Waals surface area contributed by atoms with E-state index >= 15 is 0 Å². The zero-order valence-corrected chi connectivity index (χ0v) is 16.0. The summed E-state index contributed by atoms with van der Waals surface area (Å²) in [6, 6.07) is 14.5. The maximum atomic E-state index is 12.5. The Balaban J connectivity index is 1.81. The lowest BCUT2D eigenvalue weighted by Crippen LogP contribution is -2.41. The normalized spacial score (nSPS) is 12.1. The first-order valence-electron chi connectivity index (χ1n) is 8.44. The molecule has 0 atom stereocenters. The van der Waals surface area contributed by atoms with E-state index in [-0.39, 0.29) is 30.3 Å². The second kappa shape index (κ2) is 10.6. The summed E-state index contributed by atoms with van der Waals surface area (Å²) >= 11 is 0. The van der Waals surface area contributed by atoms with Gasteiger partial charge in [0, 0.05) is 32.2 Å². The van der Waals surface area contributed by atoms with Crippen LogP contribution in [0, 0.1) is 0 Å². The number of rotatable bonds is 9. The van der Waals surface area contributed by atoms with Gasteiger partial charge in [0.15, 0.2) is 5.96 Å². The van der Waals surface area contributed by atoms with Crippen LogP contribution < -0.4 is 20.1 Å². The van der Waals surface area contributed by atoms with Crippen molar-refractivity contribution in [2.45, 2.75) is 18.1 Å². The van der Waals surface area contributed by atoms with E-state index in [4.69, 9.17) is 0 Å². The average Bonchev–Trinajstić information content (AvgIpc) is 2.69. The molecule has 2 aromatic carbocycles. The maximum absolute atomic E-state index is 12.5. The number of para-hydroxylation sites is 1. The highest BCUT2D eigenvalue weighted by Crippen LogP contribution is 2.19. The number of nitrogens with one attached hydrogen (secondary N) is 3. The summed E-state index contributed by atoms with van der Waals surface area (Å²) in [4.78, 5) is 4.20. The summed E-state index contributed by atoms with van der Waals surface area (Å²) in [6.07, 6.45) is 0. The molecule has 0 aliphatic heterocycles. The van der Waals surface area contributed by atoms with Gasteiger partial charge in [-0.2, -0.15) is 8.78 Å². The molecule has 0 aromatic heterocycles. The van der Waals surface area contributed by atoms with Gasteiger partial charge in [0.25, 0.3) is 0 Å². The first kappa shape index (κ1) is 21.6. The van der Waals surface area contributed by atoms with E-state index < -0.39 is 16.6 Å². The van der Waals surface area contributed by atoms with Crippen LogP contribution in [0.25, 0.3) is 0 Å². The molecule has 0 radical (unpaired) electrons. The minimum absolute atomic E-state index is 0.0797. The zero-order valence-electron chi connectivity index (χ0n) is 15.2. The van der Waals surface area contributed by atoms with E-state index in [0.29, 0.717) is 11.5 Å². The van der Waals surface area contributed by atoms with E-state index in [1.54, 1.807) is 43.4 Å². The molecule has 2 aromatic rings. The van der Waals surface area contributed by atoms with E-state index in [0.717, 1.165) is 0 Å². The highest BCUT2D eigenvalue weighted by atomic mass is 32.2. The topological polar surface area (TPSA) is 91.8 Å². The largest absolute Gasteiger partial charge is 0.434 e. The zero-order chi connectivity index (χ0) is 20.4. The molecule has 7 nitrogen and oxygen atoms in total. The third kappa shape index (κ3) is 6.78. The molecule has 0 saturated heterocycles. The van der Waals surface area contributed by atoms with Crippen LogP contribution in [0.1, 0.15) is 5.56 Å². The molecule has 10 heteroatoms. The van der Waals surface area contributed by atoms with Gasteiger partial charge in [-0.25, -0.2) is 13.1 Å². The molecule has 3 N–H and O–H groups in total. The van der Waals surface area contributed by atoms with E-state index in [2.05, 4.69) is 25.1 Å². The quantitative estimate of drug-likeness (QED) is 0.333. The number of halogens is 2. The van der Waals surface area contributed by atoms with Crippen molar-refractivity contribution in [3.63, 3.8) is 0 Å². The number of sulfonamides is 1. The summed E-state index contributed by atoms with van der Waals surface area (Å²) in [5, 5.41) is 5.91. The van der Waals surface area contributed by atoms with Gasteiger partial charge in [0.2, 0.25) is 10.0 Å². The molecule has 0 fully saturated rings. The van der Waals surface area contributed by atoms with Gasteiger partial charge < -0.3 is 15.4 Å². The maximum Gasteiger partial charge on any atom is 0.387 e. The number of guanidine groups is 1. The molecule has 0 heterocycles. The third-order valence-corrected chi connectivity index (χ3v) is 5.10. The summed E-state index contributed by atoms with van der Waals surface area (Å²) < 4.78 is 56.1. The van der Waals surface area contributed by atoms with E-state index in [9.17, 15) is 17.2 Å². The van der Waals surface area contributed by atoms with Crippen LogP contribution in [-0.4, -0.2) is 41.1 Å². The Morgan fingerprint density at radius 1 is 1.04 bits per heavy atom. The van der Waals surface area contributed by atoms with Crippen molar-refractivity contribution < 1.29 is 21.9 Å². The lowest BCUT2D eigenvalue weighted by atomic mass is 10.2. The number of aliphatic imine (C=N–C) groups is 1. The third-order valence-electron chi connectivity index (χ3n) is 3.62. The number of benzene rings is 2. The van der Waals surface area contributed by atoms with Crippen molar-refractivity contribution in [2.24, 2.45) is 4.99 Å². The molecule has 152 valence electrons. The Bertz CT molecular complexity index is 877. The van der Waals surface area contributed by atoms with Gasteiger partial charge in [0.05, 0.1) is 4.90 Å². The van der Waals surface area contributed by atoms with Crippen LogP contribution in [0.15, 0.2) is 64.5 Å². The van der Waals surface area contributed by atoms with Gasteiger partial charge in [-0.1, -0.05) is 36.4 Å². The molecule has 0 spiro atoms. The number of alkyl halides is 2. The monoisotopic (exact) mass is 412 g/mol. The summed E-state index contributed by atoms with van der Waals surface area (Å²) in [6.45, 7) is -2.28. The summed E-state index contributed by atoms with van der Waals surface area (Å²) in [5.41, 5.74) is 0.538. The molecule has 0 unspecified atom stereocenters. The summed E-state index contributed by atoms with van der Waals surface area (Å²) in [5.74, 6) is 0.474. The fourth-order valence-electron chi connectivity index (χ4n) is 2.31. The van der Waals surface area contributed by atoms with Gasteiger partial charge in [-0.05, 0) is 18.2 Å². The molecule has 0 saturated carbocycles. The minimum Gasteiger partial charge on any atom is -0.434 e. The predicted molar refractivity (Wildman–Crippen MR) is 103 cm³/mol. The fraction of sp³-hybridized carbons (Fsp3) is 0.278. The lowest BCUT2D eigenvalue weighted by Gasteiger charge is -2.14. The number of ether oxygens (including phenoxy) is 1. The number of hydrogen-bond acceptors (Lipinski definition) is 4. The Morgan fingerprint density at radius 2 is 1.71 bits per heavy atom. The SMILES string of the molecule is CN=C(NCCNS(=O)(=O)c1ccccc1)NCc1ccccc1OC(F)F. The first-order chi connectivity index (χ1) is 13.4. The van der Waals surface area contributed by atoms with Gasteiger partial charge >= 0.3 is 6.61 Å². The second-order valence-corrected chi connectivity index (χ2v) is 7.32. The summed E-state index contributed by atoms with van der Waals surface area (Å²) in [7, 11) is -2.03. The van der Waals surface area contributed by atoms with Crippen LogP contribution >= 0.6 is 0 Å². The molecular weight excluding hydrogens is 390 g/mol. The van der Waals surface area contributed by atoms with Crippen LogP contribution in [0.2, 0.25) is 0 Å². The molecule has 0 bridgehead atoms. The molecule has 0 aliphatic carbocycles. The van der Waals surface area contributed by atoms with E-state index in [1.165, 1.54) is 18.2 Å². The lowest BCUT2D eigenvalue weighted by molar-refractivity contribution is -0.0504. The van der Waals surface area contributed by atoms with Crippen molar-refractivity contribution in [3.05, 3.63) is 60.2 Å². The van der Waals surface area contributed by atoms with Crippen molar-refractivity contribution in [3.8, 4) is 5.75 Å². The van der Waals surface area contributed by atoms with E-state index in [1.807, 2.05) is 0 Å². The van der Waals surface area contributed by atoms with Crippen LogP contribution in [0.4, 0.5) is 8.78 Å². The number of nitrogens with zero attached hydrogens (tertiary/aromatic N) is 1. The van der Waals surface area contributed by atoms with Gasteiger partial charge in [0.1, 0.15) is 5.75 Å². The van der Waals surface area contributed by atoms with Crippen LogP contribution in [0.3, 0.4) is 0 Å². The molecule has 0 amide bonds. The Labute approximate surface area is 162 Å². The Morgan fingerprint density at radius 3 is 2.39 bits per heavy atom. The Kier molecular flexibility index (Phi) is 8.15. The molecule has 0 aliphatic rings. The van der Waals surface area contributed by atoms with Crippen molar-refractivity contribution in [1.82, 2.24) is 15.4 Å². The minimum atomic E-state index is -3.58. The van der Waals surface area contributed by atoms with Gasteiger partial charge in [-0.3, -0.25) is 4.99 Å². The molecule has 28 heavy (non-hydrogen) atoms. The van der Waals surface area contributed by atoms with Crippen LogP contribution in [-0.2, 0) is 16.6 Å². The predicted octanol–water partition coefficient (Wildman–Crippen LogP) is 1.93. The molecular formula is C18H22F2N4O3S. The van der Waals surface area contributed by atoms with Crippen molar-refractivity contribution in [2.75, 3.05) is 20.1 Å². The number of hydrogen-bond donors (Lipinski definition) is 3. The Hall–Kier alpha value is -2.72. The standard InChI is InChI=1S/C18H22F2N4O3S/c1-21-18(23-13-14-7-5-6-10-16(14)27-17(19)20)22-11-12-24-28(25,26)15-8-3-2-4-9-15/h2-10,17,24H,11-13H2,1H3,(H2,21,22,23). The van der Waals surface area contributed by atoms with Gasteiger partial charge in [-0.15, -0.1) is 0 Å². The van der Waals surface area contributed by atoms with Crippen molar-refractivity contribution in [1.29, 1.82) is 0 Å². The average molecular weight is 412 g/mol. The van der Waals surface area contributed by atoms with Crippen LogP contribution in [0.5, 0.6) is 5.75 Å². The fourth-order valence-corrected chi connectivity index (χ4v) is 3.36.